The van der Waals surface area contributed by atoms with Crippen LogP contribution in [-0.2, 0) is 7.05 Å². The van der Waals surface area contributed by atoms with Crippen LogP contribution in [0.4, 0.5) is 5.82 Å². The minimum Gasteiger partial charge on any atom is -0.349 e. The predicted molar refractivity (Wildman–Crippen MR) is 89.4 cm³/mol. The first-order valence-corrected chi connectivity index (χ1v) is 8.49. The average molecular weight is 313 g/mol. The second-order valence-electron chi connectivity index (χ2n) is 5.90. The maximum absolute atomic E-state index is 4.60. The second kappa shape index (κ2) is 5.05. The molecule has 1 atom stereocenters. The summed E-state index contributed by atoms with van der Waals surface area (Å²) < 4.78 is 1.99. The zero-order valence-electron chi connectivity index (χ0n) is 13.1. The van der Waals surface area contributed by atoms with Crippen LogP contribution in [0.3, 0.4) is 0 Å². The van der Waals surface area contributed by atoms with Gasteiger partial charge in [-0.25, -0.2) is 9.97 Å². The Labute approximate surface area is 133 Å². The Morgan fingerprint density at radius 3 is 2.91 bits per heavy atom. The van der Waals surface area contributed by atoms with Gasteiger partial charge in [0.25, 0.3) is 0 Å². The number of rotatable bonds is 2. The molecule has 1 fully saturated rings. The SMILES string of the molecule is Cc1nn(C)c(C)c1[C@H]1CCCN1c1ncnc2sccc12. The minimum absolute atomic E-state index is 0.367. The van der Waals surface area contributed by atoms with Crippen molar-refractivity contribution in [2.45, 2.75) is 32.7 Å². The van der Waals surface area contributed by atoms with Gasteiger partial charge in [0, 0.05) is 24.8 Å². The molecule has 0 bridgehead atoms. The number of nitrogens with zero attached hydrogens (tertiary/aromatic N) is 5. The standard InChI is InChI=1S/C16H19N5S/c1-10-14(11(2)20(3)19-10)13-5-4-7-21(13)15-12-6-8-22-16(12)18-9-17-15/h6,8-9,13H,4-5,7H2,1-3H3/t13-/m1/s1. The molecular formula is C16H19N5S. The van der Waals surface area contributed by atoms with Crippen LogP contribution in [0.25, 0.3) is 10.2 Å². The summed E-state index contributed by atoms with van der Waals surface area (Å²) in [4.78, 5) is 12.5. The van der Waals surface area contributed by atoms with Crippen molar-refractivity contribution >= 4 is 27.4 Å². The number of hydrogen-bond acceptors (Lipinski definition) is 5. The maximum Gasteiger partial charge on any atom is 0.141 e. The Morgan fingerprint density at radius 1 is 1.27 bits per heavy atom. The number of thiophene rings is 1. The quantitative estimate of drug-likeness (QED) is 0.727. The largest absolute Gasteiger partial charge is 0.349 e. The molecule has 0 saturated carbocycles. The van der Waals surface area contributed by atoms with Crippen LogP contribution in [0.2, 0.25) is 0 Å². The third kappa shape index (κ3) is 1.94. The van der Waals surface area contributed by atoms with E-state index in [9.17, 15) is 0 Å². The third-order valence-electron chi connectivity index (χ3n) is 4.66. The van der Waals surface area contributed by atoms with Crippen LogP contribution in [0, 0.1) is 13.8 Å². The number of hydrogen-bond donors (Lipinski definition) is 0. The lowest BCUT2D eigenvalue weighted by atomic mass is 10.0. The maximum atomic E-state index is 4.60. The first-order chi connectivity index (χ1) is 10.7. The number of anilines is 1. The summed E-state index contributed by atoms with van der Waals surface area (Å²) in [7, 11) is 2.02. The van der Waals surface area contributed by atoms with E-state index in [0.29, 0.717) is 6.04 Å². The fourth-order valence-electron chi connectivity index (χ4n) is 3.60. The smallest absolute Gasteiger partial charge is 0.141 e. The molecule has 114 valence electrons. The van der Waals surface area contributed by atoms with Crippen molar-refractivity contribution in [2.24, 2.45) is 7.05 Å². The first-order valence-electron chi connectivity index (χ1n) is 7.61. The topological polar surface area (TPSA) is 46.8 Å². The van der Waals surface area contributed by atoms with Gasteiger partial charge in [-0.05, 0) is 38.1 Å². The van der Waals surface area contributed by atoms with Crippen molar-refractivity contribution < 1.29 is 0 Å². The van der Waals surface area contributed by atoms with Crippen molar-refractivity contribution in [3.8, 4) is 0 Å². The van der Waals surface area contributed by atoms with Crippen molar-refractivity contribution in [3.63, 3.8) is 0 Å². The molecule has 0 spiro atoms. The Morgan fingerprint density at radius 2 is 2.14 bits per heavy atom. The lowest BCUT2D eigenvalue weighted by Gasteiger charge is -2.26. The number of aromatic nitrogens is 4. The number of aryl methyl sites for hydroxylation is 2. The van der Waals surface area contributed by atoms with Crippen LogP contribution < -0.4 is 4.90 Å². The molecule has 6 heteroatoms. The van der Waals surface area contributed by atoms with Crippen LogP contribution >= 0.6 is 11.3 Å². The van der Waals surface area contributed by atoms with E-state index in [1.165, 1.54) is 23.1 Å². The summed E-state index contributed by atoms with van der Waals surface area (Å²) in [6.45, 7) is 5.31. The van der Waals surface area contributed by atoms with Gasteiger partial charge in [0.1, 0.15) is 17.0 Å². The Kier molecular flexibility index (Phi) is 3.14. The number of fused-ring (bicyclic) bond motifs is 1. The summed E-state index contributed by atoms with van der Waals surface area (Å²) in [6.07, 6.45) is 4.03. The summed E-state index contributed by atoms with van der Waals surface area (Å²) >= 11 is 1.67. The van der Waals surface area contributed by atoms with Crippen LogP contribution in [0.15, 0.2) is 17.8 Å². The van der Waals surface area contributed by atoms with Gasteiger partial charge in [0.15, 0.2) is 0 Å². The molecule has 0 aromatic carbocycles. The molecule has 22 heavy (non-hydrogen) atoms. The molecular weight excluding hydrogens is 294 g/mol. The Bertz CT molecular complexity index is 834. The highest BCUT2D eigenvalue weighted by atomic mass is 32.1. The zero-order valence-corrected chi connectivity index (χ0v) is 13.9. The summed E-state index contributed by atoms with van der Waals surface area (Å²) in [5, 5.41) is 7.85. The lowest BCUT2D eigenvalue weighted by molar-refractivity contribution is 0.695. The van der Waals surface area contributed by atoms with Gasteiger partial charge in [0.2, 0.25) is 0 Å². The van der Waals surface area contributed by atoms with E-state index in [4.69, 9.17) is 0 Å². The van der Waals surface area contributed by atoms with Gasteiger partial charge in [-0.1, -0.05) is 0 Å². The summed E-state index contributed by atoms with van der Waals surface area (Å²) in [6, 6.07) is 2.50. The average Bonchev–Trinajstić information content (AvgIpc) is 3.19. The van der Waals surface area contributed by atoms with Crippen LogP contribution in [0.5, 0.6) is 0 Å². The van der Waals surface area contributed by atoms with E-state index < -0.39 is 0 Å². The Balaban J connectivity index is 1.83. The molecule has 0 radical (unpaired) electrons. The van der Waals surface area contributed by atoms with Gasteiger partial charge >= 0.3 is 0 Å². The molecule has 3 aromatic rings. The summed E-state index contributed by atoms with van der Waals surface area (Å²) in [5.41, 5.74) is 3.75. The van der Waals surface area contributed by atoms with Gasteiger partial charge in [-0.2, -0.15) is 5.10 Å². The highest BCUT2D eigenvalue weighted by Gasteiger charge is 2.32. The van der Waals surface area contributed by atoms with E-state index in [1.807, 2.05) is 11.7 Å². The molecule has 3 aromatic heterocycles. The van der Waals surface area contributed by atoms with Crippen molar-refractivity contribution in [2.75, 3.05) is 11.4 Å². The Hall–Kier alpha value is -1.95. The fourth-order valence-corrected chi connectivity index (χ4v) is 4.33. The molecule has 4 rings (SSSR count). The molecule has 1 aliphatic rings. The van der Waals surface area contributed by atoms with Crippen LogP contribution in [-0.4, -0.2) is 26.3 Å². The monoisotopic (exact) mass is 313 g/mol. The van der Waals surface area contributed by atoms with Gasteiger partial charge in [-0.15, -0.1) is 11.3 Å². The first kappa shape index (κ1) is 13.7. The minimum atomic E-state index is 0.367. The van der Waals surface area contributed by atoms with Crippen molar-refractivity contribution in [1.82, 2.24) is 19.7 Å². The van der Waals surface area contributed by atoms with E-state index in [2.05, 4.69) is 45.3 Å². The van der Waals surface area contributed by atoms with Gasteiger partial charge in [0.05, 0.1) is 17.1 Å². The molecule has 4 heterocycles. The van der Waals surface area contributed by atoms with Crippen LogP contribution in [0.1, 0.15) is 35.8 Å². The lowest BCUT2D eigenvalue weighted by Crippen LogP contribution is -2.24. The molecule has 0 amide bonds. The van der Waals surface area contributed by atoms with E-state index in [-0.39, 0.29) is 0 Å². The zero-order chi connectivity index (χ0) is 15.3. The fraction of sp³-hybridized carbons (Fsp3) is 0.438. The molecule has 0 aliphatic carbocycles. The van der Waals surface area contributed by atoms with E-state index in [1.54, 1.807) is 17.7 Å². The highest BCUT2D eigenvalue weighted by molar-refractivity contribution is 7.16. The van der Waals surface area contributed by atoms with Crippen molar-refractivity contribution in [1.29, 1.82) is 0 Å². The van der Waals surface area contributed by atoms with E-state index in [0.717, 1.165) is 29.3 Å². The highest BCUT2D eigenvalue weighted by Crippen LogP contribution is 2.40. The normalized spacial score (nSPS) is 18.5. The molecule has 1 saturated heterocycles. The molecule has 5 nitrogen and oxygen atoms in total. The molecule has 0 unspecified atom stereocenters. The summed E-state index contributed by atoms with van der Waals surface area (Å²) in [5.74, 6) is 1.07. The molecule has 0 N–H and O–H groups in total. The predicted octanol–water partition coefficient (Wildman–Crippen LogP) is 3.38. The third-order valence-corrected chi connectivity index (χ3v) is 5.48. The van der Waals surface area contributed by atoms with Gasteiger partial charge in [-0.3, -0.25) is 4.68 Å². The van der Waals surface area contributed by atoms with Gasteiger partial charge < -0.3 is 4.90 Å². The van der Waals surface area contributed by atoms with Crippen molar-refractivity contribution in [3.05, 3.63) is 34.7 Å². The van der Waals surface area contributed by atoms with E-state index >= 15 is 0 Å². The second-order valence-corrected chi connectivity index (χ2v) is 6.79. The molecule has 1 aliphatic heterocycles.